The van der Waals surface area contributed by atoms with Crippen molar-refractivity contribution in [3.63, 3.8) is 0 Å². The number of imidazole rings is 1. The van der Waals surface area contributed by atoms with Gasteiger partial charge in [0.25, 0.3) is 0 Å². The third kappa shape index (κ3) is 3.16. The first kappa shape index (κ1) is 16.9. The Morgan fingerprint density at radius 1 is 1.00 bits per heavy atom. The van der Waals surface area contributed by atoms with Gasteiger partial charge in [0, 0.05) is 29.0 Å². The molecule has 3 aromatic heterocycles. The smallest absolute Gasteiger partial charge is 0.323 e. The molecule has 142 valence electrons. The summed E-state index contributed by atoms with van der Waals surface area (Å²) in [6.45, 7) is 0. The van der Waals surface area contributed by atoms with E-state index in [1.807, 2.05) is 48.5 Å². The molecular formula is C21H16N6O2. The monoisotopic (exact) mass is 384 g/mol. The molecule has 0 radical (unpaired) electrons. The lowest BCUT2D eigenvalue weighted by atomic mass is 10.2. The van der Waals surface area contributed by atoms with Gasteiger partial charge in [0.2, 0.25) is 0 Å². The predicted molar refractivity (Wildman–Crippen MR) is 112 cm³/mol. The van der Waals surface area contributed by atoms with Crippen LogP contribution in [0.5, 0.6) is 5.75 Å². The summed E-state index contributed by atoms with van der Waals surface area (Å²) in [5.74, 6) is 1.91. The summed E-state index contributed by atoms with van der Waals surface area (Å²) in [5.41, 5.74) is 3.59. The van der Waals surface area contributed by atoms with E-state index in [9.17, 15) is 4.79 Å². The number of fused-ring (bicyclic) bond motifs is 2. The van der Waals surface area contributed by atoms with Crippen LogP contribution in [-0.2, 0) is 0 Å². The van der Waals surface area contributed by atoms with E-state index in [1.165, 1.54) is 0 Å². The summed E-state index contributed by atoms with van der Waals surface area (Å²) in [6, 6.07) is 15.0. The highest BCUT2D eigenvalue weighted by Crippen LogP contribution is 2.30. The standard InChI is InChI=1S/C21H16N6O2/c1-29-14-5-7-16-15(10-14)20(27-19(24-16)12-3-2-8-22-11-12)23-13-4-6-17-18(9-13)26-21(28)25-17/h2-11H,1H3,(H,23,24,27)(H2,25,26,28). The zero-order chi connectivity index (χ0) is 19.8. The van der Waals surface area contributed by atoms with Crippen LogP contribution >= 0.6 is 0 Å². The number of benzene rings is 2. The lowest BCUT2D eigenvalue weighted by molar-refractivity contribution is 0.415. The molecule has 0 saturated heterocycles. The van der Waals surface area contributed by atoms with E-state index >= 15 is 0 Å². The minimum Gasteiger partial charge on any atom is -0.497 e. The van der Waals surface area contributed by atoms with E-state index in [0.29, 0.717) is 22.9 Å². The van der Waals surface area contributed by atoms with Crippen molar-refractivity contribution in [3.8, 4) is 17.1 Å². The Morgan fingerprint density at radius 2 is 1.90 bits per heavy atom. The first-order valence-electron chi connectivity index (χ1n) is 8.95. The summed E-state index contributed by atoms with van der Waals surface area (Å²) >= 11 is 0. The van der Waals surface area contributed by atoms with Crippen LogP contribution in [-0.4, -0.2) is 32.0 Å². The minimum absolute atomic E-state index is 0.242. The second kappa shape index (κ2) is 6.75. The fourth-order valence-corrected chi connectivity index (χ4v) is 3.20. The van der Waals surface area contributed by atoms with Gasteiger partial charge in [-0.15, -0.1) is 0 Å². The third-order valence-corrected chi connectivity index (χ3v) is 4.60. The van der Waals surface area contributed by atoms with Crippen molar-refractivity contribution in [1.82, 2.24) is 24.9 Å². The predicted octanol–water partition coefficient (Wildman–Crippen LogP) is 3.61. The van der Waals surface area contributed by atoms with Gasteiger partial charge in [0.1, 0.15) is 11.6 Å². The van der Waals surface area contributed by atoms with Crippen LogP contribution in [0, 0.1) is 0 Å². The van der Waals surface area contributed by atoms with Crippen molar-refractivity contribution in [2.24, 2.45) is 0 Å². The van der Waals surface area contributed by atoms with Crippen molar-refractivity contribution in [2.45, 2.75) is 0 Å². The summed E-state index contributed by atoms with van der Waals surface area (Å²) in [7, 11) is 1.62. The number of hydrogen-bond acceptors (Lipinski definition) is 6. The number of hydrogen-bond donors (Lipinski definition) is 3. The fraction of sp³-hybridized carbons (Fsp3) is 0.0476. The molecule has 0 aliphatic rings. The highest BCUT2D eigenvalue weighted by Gasteiger charge is 2.12. The fourth-order valence-electron chi connectivity index (χ4n) is 3.20. The van der Waals surface area contributed by atoms with Crippen LogP contribution < -0.4 is 15.7 Å². The summed E-state index contributed by atoms with van der Waals surface area (Å²) in [4.78, 5) is 30.6. The molecule has 0 aliphatic heterocycles. The average Bonchev–Trinajstić information content (AvgIpc) is 3.13. The number of ether oxygens (including phenoxy) is 1. The molecule has 0 saturated carbocycles. The molecule has 8 nitrogen and oxygen atoms in total. The van der Waals surface area contributed by atoms with E-state index in [1.54, 1.807) is 19.5 Å². The molecule has 3 N–H and O–H groups in total. The number of aromatic amines is 2. The highest BCUT2D eigenvalue weighted by molar-refractivity contribution is 5.94. The zero-order valence-corrected chi connectivity index (χ0v) is 15.4. The SMILES string of the molecule is COc1ccc2nc(-c3cccnc3)nc(Nc3ccc4[nH]c(=O)[nH]c4c3)c2c1. The van der Waals surface area contributed by atoms with E-state index in [4.69, 9.17) is 9.72 Å². The molecule has 0 bridgehead atoms. The van der Waals surface area contributed by atoms with Crippen LogP contribution in [0.1, 0.15) is 0 Å². The number of aromatic nitrogens is 5. The summed E-state index contributed by atoms with van der Waals surface area (Å²) in [6.07, 6.45) is 3.44. The minimum atomic E-state index is -0.242. The molecule has 0 aliphatic carbocycles. The van der Waals surface area contributed by atoms with Gasteiger partial charge in [-0.25, -0.2) is 14.8 Å². The van der Waals surface area contributed by atoms with Crippen molar-refractivity contribution >= 4 is 33.4 Å². The molecule has 0 spiro atoms. The number of nitrogens with zero attached hydrogens (tertiary/aromatic N) is 3. The van der Waals surface area contributed by atoms with Crippen LogP contribution in [0.3, 0.4) is 0 Å². The summed E-state index contributed by atoms with van der Waals surface area (Å²) < 4.78 is 5.37. The van der Waals surface area contributed by atoms with E-state index < -0.39 is 0 Å². The Morgan fingerprint density at radius 3 is 2.72 bits per heavy atom. The molecule has 0 atom stereocenters. The number of methoxy groups -OCH3 is 1. The van der Waals surface area contributed by atoms with Crippen molar-refractivity contribution in [3.05, 3.63) is 71.4 Å². The lowest BCUT2D eigenvalue weighted by Gasteiger charge is -2.12. The topological polar surface area (TPSA) is 109 Å². The van der Waals surface area contributed by atoms with Gasteiger partial charge in [-0.2, -0.15) is 0 Å². The van der Waals surface area contributed by atoms with Crippen LogP contribution in [0.15, 0.2) is 65.7 Å². The first-order chi connectivity index (χ1) is 14.2. The van der Waals surface area contributed by atoms with Crippen molar-refractivity contribution in [1.29, 1.82) is 0 Å². The van der Waals surface area contributed by atoms with Crippen LogP contribution in [0.4, 0.5) is 11.5 Å². The van der Waals surface area contributed by atoms with Crippen LogP contribution in [0.2, 0.25) is 0 Å². The lowest BCUT2D eigenvalue weighted by Crippen LogP contribution is -2.00. The third-order valence-electron chi connectivity index (χ3n) is 4.60. The molecule has 3 heterocycles. The van der Waals surface area contributed by atoms with Crippen molar-refractivity contribution in [2.75, 3.05) is 12.4 Å². The normalized spacial score (nSPS) is 11.1. The number of anilines is 2. The average molecular weight is 384 g/mol. The molecule has 2 aromatic carbocycles. The molecule has 5 rings (SSSR count). The molecular weight excluding hydrogens is 368 g/mol. The van der Waals surface area contributed by atoms with E-state index in [-0.39, 0.29) is 5.69 Å². The van der Waals surface area contributed by atoms with Gasteiger partial charge in [0.15, 0.2) is 5.82 Å². The Balaban J connectivity index is 1.67. The van der Waals surface area contributed by atoms with Gasteiger partial charge >= 0.3 is 5.69 Å². The van der Waals surface area contributed by atoms with Gasteiger partial charge in [-0.3, -0.25) is 4.98 Å². The van der Waals surface area contributed by atoms with Gasteiger partial charge < -0.3 is 20.0 Å². The molecule has 29 heavy (non-hydrogen) atoms. The summed E-state index contributed by atoms with van der Waals surface area (Å²) in [5, 5.41) is 4.17. The second-order valence-electron chi connectivity index (χ2n) is 6.49. The second-order valence-corrected chi connectivity index (χ2v) is 6.49. The van der Waals surface area contributed by atoms with Gasteiger partial charge in [-0.1, -0.05) is 0 Å². The molecule has 0 fully saturated rings. The molecule has 0 amide bonds. The molecule has 5 aromatic rings. The largest absolute Gasteiger partial charge is 0.497 e. The molecule has 0 unspecified atom stereocenters. The molecule has 8 heteroatoms. The van der Waals surface area contributed by atoms with E-state index in [0.717, 1.165) is 27.7 Å². The van der Waals surface area contributed by atoms with Gasteiger partial charge in [0.05, 0.1) is 23.7 Å². The Kier molecular flexibility index (Phi) is 3.94. The van der Waals surface area contributed by atoms with Gasteiger partial charge in [-0.05, 0) is 48.5 Å². The number of rotatable bonds is 4. The Bertz CT molecular complexity index is 1390. The maximum atomic E-state index is 11.5. The highest BCUT2D eigenvalue weighted by atomic mass is 16.5. The number of H-pyrrole nitrogens is 2. The van der Waals surface area contributed by atoms with Crippen LogP contribution in [0.25, 0.3) is 33.3 Å². The maximum absolute atomic E-state index is 11.5. The number of nitrogens with one attached hydrogen (secondary N) is 3. The first-order valence-corrected chi connectivity index (χ1v) is 8.95. The zero-order valence-electron chi connectivity index (χ0n) is 15.4. The van der Waals surface area contributed by atoms with E-state index in [2.05, 4.69) is 25.3 Å². The Labute approximate surface area is 164 Å². The Hall–Kier alpha value is -4.20. The maximum Gasteiger partial charge on any atom is 0.323 e. The quantitative estimate of drug-likeness (QED) is 0.437. The van der Waals surface area contributed by atoms with Crippen molar-refractivity contribution < 1.29 is 4.74 Å². The number of pyridine rings is 1.